The monoisotopic (exact) mass is 423 g/mol. The Kier molecular flexibility index (Phi) is 10.5. The molecule has 170 valence electrons. The molecule has 0 saturated carbocycles. The van der Waals surface area contributed by atoms with Crippen LogP contribution in [0, 0.1) is 0 Å². The van der Waals surface area contributed by atoms with Crippen LogP contribution in [0.1, 0.15) is 46.5 Å². The van der Waals surface area contributed by atoms with Crippen LogP contribution in [-0.4, -0.2) is 55.5 Å². The second kappa shape index (κ2) is 13.1. The van der Waals surface area contributed by atoms with Crippen molar-refractivity contribution in [1.82, 2.24) is 15.1 Å². The third kappa shape index (κ3) is 7.64. The third-order valence-corrected chi connectivity index (χ3v) is 5.76. The van der Waals surface area contributed by atoms with E-state index in [0.29, 0.717) is 0 Å². The maximum Gasteiger partial charge on any atom is 0.233 e. The van der Waals surface area contributed by atoms with Crippen molar-refractivity contribution in [2.45, 2.75) is 39.5 Å². The molecule has 1 aliphatic heterocycles. The van der Waals surface area contributed by atoms with Gasteiger partial charge >= 0.3 is 0 Å². The molecular formula is C27H41N3O. The van der Waals surface area contributed by atoms with E-state index in [1.54, 1.807) is 0 Å². The fraction of sp³-hybridized carbons (Fsp3) is 0.444. The molecule has 1 heterocycles. The smallest absolute Gasteiger partial charge is 0.233 e. The van der Waals surface area contributed by atoms with Gasteiger partial charge in [-0.1, -0.05) is 69.0 Å². The van der Waals surface area contributed by atoms with E-state index in [1.165, 1.54) is 0 Å². The molecule has 2 aliphatic rings. The molecule has 1 aromatic rings. The second-order valence-corrected chi connectivity index (χ2v) is 7.94. The zero-order valence-electron chi connectivity index (χ0n) is 19.7. The minimum Gasteiger partial charge on any atom is -0.326 e. The molecule has 1 amide bonds. The second-order valence-electron chi connectivity index (χ2n) is 7.94. The Morgan fingerprint density at radius 1 is 1.19 bits per heavy atom. The summed E-state index contributed by atoms with van der Waals surface area (Å²) in [6.07, 6.45) is 10.3. The topological polar surface area (TPSA) is 35.6 Å². The van der Waals surface area contributed by atoms with E-state index in [-0.39, 0.29) is 13.3 Å². The number of hydrogen-bond donors (Lipinski definition) is 1. The van der Waals surface area contributed by atoms with Crippen LogP contribution >= 0.6 is 0 Å². The largest absolute Gasteiger partial charge is 0.326 e. The van der Waals surface area contributed by atoms with Gasteiger partial charge in [0.1, 0.15) is 0 Å². The summed E-state index contributed by atoms with van der Waals surface area (Å²) in [5.41, 5.74) is 4.11. The van der Waals surface area contributed by atoms with Gasteiger partial charge in [0, 0.05) is 39.8 Å². The summed E-state index contributed by atoms with van der Waals surface area (Å²) >= 11 is 0. The Morgan fingerprint density at radius 3 is 2.48 bits per heavy atom. The maximum absolute atomic E-state index is 13.3. The fourth-order valence-corrected chi connectivity index (χ4v) is 3.78. The van der Waals surface area contributed by atoms with Crippen molar-refractivity contribution in [3.63, 3.8) is 0 Å². The number of carbonyl (C=O) groups excluding carboxylic acids is 1. The van der Waals surface area contributed by atoms with Crippen molar-refractivity contribution in [3.8, 4) is 0 Å². The molecule has 1 unspecified atom stereocenters. The maximum atomic E-state index is 13.3. The van der Waals surface area contributed by atoms with Gasteiger partial charge in [-0.25, -0.2) is 0 Å². The first-order valence-electron chi connectivity index (χ1n) is 11.6. The van der Waals surface area contributed by atoms with Gasteiger partial charge in [0.2, 0.25) is 5.91 Å². The molecule has 1 N–H and O–H groups in total. The molecule has 1 fully saturated rings. The van der Waals surface area contributed by atoms with Gasteiger partial charge in [0.15, 0.2) is 0 Å². The molecule has 1 atom stereocenters. The molecule has 0 spiro atoms. The average molecular weight is 424 g/mol. The van der Waals surface area contributed by atoms with E-state index in [2.05, 4.69) is 53.0 Å². The van der Waals surface area contributed by atoms with Gasteiger partial charge < -0.3 is 10.2 Å². The van der Waals surface area contributed by atoms with E-state index >= 15 is 0 Å². The van der Waals surface area contributed by atoms with Gasteiger partial charge in [-0.05, 0) is 49.6 Å². The predicted molar refractivity (Wildman–Crippen MR) is 134 cm³/mol. The van der Waals surface area contributed by atoms with Crippen molar-refractivity contribution in [2.75, 3.05) is 39.8 Å². The minimum absolute atomic E-state index is 0. The molecule has 1 saturated heterocycles. The zero-order valence-corrected chi connectivity index (χ0v) is 19.7. The average Bonchev–Trinajstić information content (AvgIpc) is 2.81. The SMILES string of the molecule is C=C1CCC=C/C1=C/C(=C\C)NC(=O)C(CN1CCN(C)CC1)c1ccccc1.CC.[HH]. The highest BCUT2D eigenvalue weighted by Crippen LogP contribution is 2.23. The number of amides is 1. The van der Waals surface area contributed by atoms with Gasteiger partial charge in [0.25, 0.3) is 0 Å². The van der Waals surface area contributed by atoms with Crippen molar-refractivity contribution in [2.24, 2.45) is 0 Å². The van der Waals surface area contributed by atoms with Crippen LogP contribution in [0.25, 0.3) is 0 Å². The fourth-order valence-electron chi connectivity index (χ4n) is 3.78. The van der Waals surface area contributed by atoms with E-state index in [9.17, 15) is 4.79 Å². The molecule has 0 aromatic heterocycles. The lowest BCUT2D eigenvalue weighted by molar-refractivity contribution is -0.122. The molecule has 0 bridgehead atoms. The summed E-state index contributed by atoms with van der Waals surface area (Å²) in [7, 11) is 2.15. The van der Waals surface area contributed by atoms with Crippen molar-refractivity contribution < 1.29 is 6.22 Å². The Morgan fingerprint density at radius 2 is 1.87 bits per heavy atom. The highest BCUT2D eigenvalue weighted by Gasteiger charge is 2.25. The van der Waals surface area contributed by atoms with Crippen molar-refractivity contribution in [3.05, 3.63) is 83.6 Å². The van der Waals surface area contributed by atoms with E-state index in [4.69, 9.17) is 0 Å². The summed E-state index contributed by atoms with van der Waals surface area (Å²) in [4.78, 5) is 18.1. The highest BCUT2D eigenvalue weighted by molar-refractivity contribution is 5.85. The summed E-state index contributed by atoms with van der Waals surface area (Å²) in [6.45, 7) is 14.9. The third-order valence-electron chi connectivity index (χ3n) is 5.76. The Bertz CT molecular complexity index is 805. The van der Waals surface area contributed by atoms with Crippen LogP contribution in [0.4, 0.5) is 0 Å². The summed E-state index contributed by atoms with van der Waals surface area (Å²) < 4.78 is 0. The number of benzene rings is 1. The summed E-state index contributed by atoms with van der Waals surface area (Å²) in [5, 5.41) is 3.17. The molecule has 1 aliphatic carbocycles. The van der Waals surface area contributed by atoms with Gasteiger partial charge in [0.05, 0.1) is 5.92 Å². The number of allylic oxidation sites excluding steroid dienone is 6. The van der Waals surface area contributed by atoms with Crippen LogP contribution in [0.2, 0.25) is 0 Å². The van der Waals surface area contributed by atoms with Crippen molar-refractivity contribution in [1.29, 1.82) is 0 Å². The Balaban J connectivity index is 0.00000166. The molecule has 4 nitrogen and oxygen atoms in total. The van der Waals surface area contributed by atoms with Crippen LogP contribution < -0.4 is 5.32 Å². The number of carbonyl (C=O) groups is 1. The molecule has 0 radical (unpaired) electrons. The molecular weight excluding hydrogens is 382 g/mol. The van der Waals surface area contributed by atoms with Crippen LogP contribution in [-0.2, 0) is 4.79 Å². The van der Waals surface area contributed by atoms with E-state index in [0.717, 1.165) is 68.0 Å². The molecule has 3 rings (SSSR count). The summed E-state index contributed by atoms with van der Waals surface area (Å²) in [5.74, 6) is -0.150. The number of likely N-dealkylation sites (N-methyl/N-ethyl adjacent to an activating group) is 1. The van der Waals surface area contributed by atoms with Gasteiger partial charge in [-0.3, -0.25) is 9.69 Å². The quantitative estimate of drug-likeness (QED) is 0.688. The Labute approximate surface area is 190 Å². The lowest BCUT2D eigenvalue weighted by Crippen LogP contribution is -2.47. The number of rotatable bonds is 6. The van der Waals surface area contributed by atoms with Crippen molar-refractivity contribution >= 4 is 5.91 Å². The number of nitrogens with zero attached hydrogens (tertiary/aromatic N) is 2. The zero-order chi connectivity index (χ0) is 22.6. The van der Waals surface area contributed by atoms with Gasteiger partial charge in [-0.2, -0.15) is 0 Å². The summed E-state index contributed by atoms with van der Waals surface area (Å²) in [6, 6.07) is 10.1. The van der Waals surface area contributed by atoms with Gasteiger partial charge in [-0.15, -0.1) is 0 Å². The molecule has 1 aromatic carbocycles. The molecule has 31 heavy (non-hydrogen) atoms. The standard InChI is InChI=1S/C25H33N3O.C2H6.H2/c1-4-23(18-22-13-9-8-10-20(22)2)26-25(29)24(21-11-6-5-7-12-21)19-28-16-14-27(3)15-17-28;1-2;/h4-7,9,11-13,18,24H,2,8,10,14-17,19H2,1,3H3,(H,26,29);1-2H3;1H/b22-18-,23-4+;;. The first-order valence-corrected chi connectivity index (χ1v) is 11.6. The molecule has 4 heteroatoms. The first-order chi connectivity index (χ1) is 15.1. The lowest BCUT2D eigenvalue weighted by Gasteiger charge is -2.34. The lowest BCUT2D eigenvalue weighted by atomic mass is 9.95. The van der Waals surface area contributed by atoms with Crippen LogP contribution in [0.15, 0.2) is 78.1 Å². The number of nitrogens with one attached hydrogen (secondary N) is 1. The number of piperazine rings is 1. The van der Waals surface area contributed by atoms with E-state index < -0.39 is 0 Å². The predicted octanol–water partition coefficient (Wildman–Crippen LogP) is 5.14. The minimum atomic E-state index is -0.196. The normalized spacial score (nSPS) is 20.2. The first kappa shape index (κ1) is 24.8. The van der Waals surface area contributed by atoms with E-state index in [1.807, 2.05) is 51.1 Å². The highest BCUT2D eigenvalue weighted by atomic mass is 16.1. The van der Waals surface area contributed by atoms with Crippen LogP contribution in [0.5, 0.6) is 0 Å². The number of hydrogen-bond acceptors (Lipinski definition) is 3. The van der Waals surface area contributed by atoms with Crippen LogP contribution in [0.3, 0.4) is 0 Å². The Hall–Kier alpha value is -2.43.